The molecule has 0 bridgehead atoms. The highest BCUT2D eigenvalue weighted by molar-refractivity contribution is 5.96. The molecule has 9 heteroatoms. The zero-order valence-corrected chi connectivity index (χ0v) is 13.8. The van der Waals surface area contributed by atoms with Gasteiger partial charge >= 0.3 is 6.03 Å². The molecule has 0 radical (unpaired) electrons. The van der Waals surface area contributed by atoms with Crippen molar-refractivity contribution in [3.8, 4) is 0 Å². The number of amides is 3. The molecule has 3 amide bonds. The number of halogens is 2. The number of hydrogen-bond acceptors (Lipinski definition) is 4. The van der Waals surface area contributed by atoms with Crippen LogP contribution in [0.4, 0.5) is 25.1 Å². The second kappa shape index (κ2) is 8.22. The smallest absolute Gasteiger partial charge is 0.322 e. The van der Waals surface area contributed by atoms with E-state index in [1.54, 1.807) is 6.92 Å². The second-order valence-electron chi connectivity index (χ2n) is 5.35. The van der Waals surface area contributed by atoms with Crippen molar-refractivity contribution in [3.63, 3.8) is 0 Å². The van der Waals surface area contributed by atoms with E-state index in [9.17, 15) is 18.4 Å². The van der Waals surface area contributed by atoms with Gasteiger partial charge in [-0.25, -0.2) is 13.6 Å². The summed E-state index contributed by atoms with van der Waals surface area (Å²) < 4.78 is 31.4. The summed E-state index contributed by atoms with van der Waals surface area (Å²) >= 11 is 0. The third-order valence-electron chi connectivity index (χ3n) is 3.18. The van der Waals surface area contributed by atoms with Crippen molar-refractivity contribution in [3.05, 3.63) is 41.7 Å². The number of hydrogen-bond donors (Lipinski definition) is 2. The summed E-state index contributed by atoms with van der Waals surface area (Å²) in [5, 5.41) is 8.46. The monoisotopic (exact) mass is 352 g/mol. The van der Waals surface area contributed by atoms with Crippen LogP contribution in [0.1, 0.15) is 19.1 Å². The normalized spacial score (nSPS) is 10.4. The summed E-state index contributed by atoms with van der Waals surface area (Å²) in [7, 11) is 0. The average molecular weight is 352 g/mol. The summed E-state index contributed by atoms with van der Waals surface area (Å²) in [5.74, 6) is -1.35. The van der Waals surface area contributed by atoms with E-state index in [0.29, 0.717) is 18.2 Å². The minimum Gasteiger partial charge on any atom is -0.360 e. The zero-order valence-electron chi connectivity index (χ0n) is 13.8. The molecule has 0 unspecified atom stereocenters. The molecule has 0 saturated carbocycles. The number of nitrogens with zero attached hydrogens (tertiary/aromatic N) is 2. The van der Waals surface area contributed by atoms with Crippen LogP contribution in [0.25, 0.3) is 0 Å². The number of nitrogens with one attached hydrogen (secondary N) is 2. The highest BCUT2D eigenvalue weighted by Gasteiger charge is 2.18. The van der Waals surface area contributed by atoms with Crippen molar-refractivity contribution >= 4 is 23.4 Å². The lowest BCUT2D eigenvalue weighted by Gasteiger charge is -2.22. The molecular weight excluding hydrogens is 334 g/mol. The summed E-state index contributed by atoms with van der Waals surface area (Å²) in [6, 6.07) is 3.68. The van der Waals surface area contributed by atoms with Crippen LogP contribution in [0.2, 0.25) is 0 Å². The average Bonchev–Trinajstić information content (AvgIpc) is 2.94. The van der Waals surface area contributed by atoms with E-state index in [1.165, 1.54) is 11.0 Å². The molecule has 0 spiro atoms. The van der Waals surface area contributed by atoms with Crippen LogP contribution >= 0.6 is 0 Å². The molecule has 134 valence electrons. The molecule has 0 aliphatic carbocycles. The van der Waals surface area contributed by atoms with Crippen LogP contribution in [-0.2, 0) is 4.79 Å². The van der Waals surface area contributed by atoms with Crippen LogP contribution < -0.4 is 10.6 Å². The first-order chi connectivity index (χ1) is 11.9. The van der Waals surface area contributed by atoms with Crippen LogP contribution in [0, 0.1) is 18.6 Å². The van der Waals surface area contributed by atoms with Crippen molar-refractivity contribution in [2.24, 2.45) is 0 Å². The number of aromatic nitrogens is 1. The highest BCUT2D eigenvalue weighted by Crippen LogP contribution is 2.15. The van der Waals surface area contributed by atoms with E-state index in [4.69, 9.17) is 4.52 Å². The number of anilines is 2. The SMILES string of the molecule is CCCN(CC(=O)Nc1cc(C)on1)C(=O)Nc1ccc(F)cc1F. The second-order valence-corrected chi connectivity index (χ2v) is 5.35. The van der Waals surface area contributed by atoms with Crippen LogP contribution in [-0.4, -0.2) is 35.1 Å². The number of carbonyl (C=O) groups excluding carboxylic acids is 2. The first kappa shape index (κ1) is 18.4. The maximum absolute atomic E-state index is 13.6. The summed E-state index contributed by atoms with van der Waals surface area (Å²) in [6.07, 6.45) is 0.593. The minimum absolute atomic E-state index is 0.167. The van der Waals surface area contributed by atoms with Gasteiger partial charge in [0, 0.05) is 18.7 Å². The highest BCUT2D eigenvalue weighted by atomic mass is 19.1. The lowest BCUT2D eigenvalue weighted by atomic mass is 10.3. The van der Waals surface area contributed by atoms with Crippen molar-refractivity contribution < 1.29 is 22.9 Å². The maximum atomic E-state index is 13.6. The van der Waals surface area contributed by atoms with Gasteiger partial charge in [-0.1, -0.05) is 12.1 Å². The Balaban J connectivity index is 2.00. The number of carbonyl (C=O) groups is 2. The number of urea groups is 1. The van der Waals surface area contributed by atoms with Gasteiger partial charge in [-0.15, -0.1) is 0 Å². The molecule has 0 fully saturated rings. The molecule has 0 aliphatic rings. The van der Waals surface area contributed by atoms with E-state index in [-0.39, 0.29) is 24.6 Å². The van der Waals surface area contributed by atoms with Crippen LogP contribution in [0.15, 0.2) is 28.8 Å². The topological polar surface area (TPSA) is 87.5 Å². The first-order valence-electron chi connectivity index (χ1n) is 7.63. The predicted molar refractivity (Wildman–Crippen MR) is 87.1 cm³/mol. The van der Waals surface area contributed by atoms with E-state index in [0.717, 1.165) is 12.1 Å². The molecule has 2 rings (SSSR count). The van der Waals surface area contributed by atoms with E-state index < -0.39 is 23.6 Å². The molecule has 2 N–H and O–H groups in total. The Labute approximate surface area is 143 Å². The molecule has 25 heavy (non-hydrogen) atoms. The van der Waals surface area contributed by atoms with Gasteiger partial charge in [0.15, 0.2) is 5.82 Å². The Kier molecular flexibility index (Phi) is 6.04. The van der Waals surface area contributed by atoms with Gasteiger partial charge in [0.2, 0.25) is 5.91 Å². The van der Waals surface area contributed by atoms with E-state index in [2.05, 4.69) is 15.8 Å². The van der Waals surface area contributed by atoms with E-state index >= 15 is 0 Å². The molecule has 0 saturated heterocycles. The van der Waals surface area contributed by atoms with E-state index in [1.807, 2.05) is 6.92 Å². The van der Waals surface area contributed by atoms with Gasteiger partial charge in [0.1, 0.15) is 23.9 Å². The van der Waals surface area contributed by atoms with Crippen molar-refractivity contribution in [2.45, 2.75) is 20.3 Å². The van der Waals surface area contributed by atoms with Gasteiger partial charge in [-0.05, 0) is 25.5 Å². The lowest BCUT2D eigenvalue weighted by Crippen LogP contribution is -2.41. The van der Waals surface area contributed by atoms with Crippen molar-refractivity contribution in [1.82, 2.24) is 10.1 Å². The number of benzene rings is 1. The molecule has 1 aromatic heterocycles. The zero-order chi connectivity index (χ0) is 18.4. The summed E-state index contributed by atoms with van der Waals surface area (Å²) in [6.45, 7) is 3.53. The summed E-state index contributed by atoms with van der Waals surface area (Å²) in [5.41, 5.74) is -0.167. The third-order valence-corrected chi connectivity index (χ3v) is 3.18. The van der Waals surface area contributed by atoms with Crippen molar-refractivity contribution in [2.75, 3.05) is 23.7 Å². The quantitative estimate of drug-likeness (QED) is 0.836. The van der Waals surface area contributed by atoms with Crippen LogP contribution in [0.5, 0.6) is 0 Å². The largest absolute Gasteiger partial charge is 0.360 e. The molecule has 1 aromatic carbocycles. The van der Waals surface area contributed by atoms with Gasteiger partial charge < -0.3 is 20.1 Å². The molecule has 7 nitrogen and oxygen atoms in total. The van der Waals surface area contributed by atoms with Crippen molar-refractivity contribution in [1.29, 1.82) is 0 Å². The number of aryl methyl sites for hydroxylation is 1. The fraction of sp³-hybridized carbons (Fsp3) is 0.312. The summed E-state index contributed by atoms with van der Waals surface area (Å²) in [4.78, 5) is 25.5. The van der Waals surface area contributed by atoms with Gasteiger partial charge in [0.25, 0.3) is 0 Å². The molecule has 0 aliphatic heterocycles. The van der Waals surface area contributed by atoms with Gasteiger partial charge in [-0.3, -0.25) is 4.79 Å². The molecule has 2 aromatic rings. The molecule has 0 atom stereocenters. The Morgan fingerprint density at radius 2 is 2.00 bits per heavy atom. The Bertz CT molecular complexity index is 764. The lowest BCUT2D eigenvalue weighted by molar-refractivity contribution is -0.116. The fourth-order valence-corrected chi connectivity index (χ4v) is 2.09. The first-order valence-corrected chi connectivity index (χ1v) is 7.63. The van der Waals surface area contributed by atoms with Gasteiger partial charge in [-0.2, -0.15) is 0 Å². The van der Waals surface area contributed by atoms with Crippen LogP contribution in [0.3, 0.4) is 0 Å². The fourth-order valence-electron chi connectivity index (χ4n) is 2.09. The maximum Gasteiger partial charge on any atom is 0.322 e. The molecule has 1 heterocycles. The Hall–Kier alpha value is -2.97. The van der Waals surface area contributed by atoms with Gasteiger partial charge in [0.05, 0.1) is 5.69 Å². The standard InChI is InChI=1S/C16H18F2N4O3/c1-3-6-22(9-15(23)20-14-7-10(2)25-21-14)16(24)19-13-5-4-11(17)8-12(13)18/h4-5,7-8H,3,6,9H2,1-2H3,(H,19,24)(H,20,21,23). The minimum atomic E-state index is -0.896. The predicted octanol–water partition coefficient (Wildman–Crippen LogP) is 3.14. The Morgan fingerprint density at radius 3 is 2.60 bits per heavy atom. The number of rotatable bonds is 6. The molecular formula is C16H18F2N4O3. The Morgan fingerprint density at radius 1 is 1.24 bits per heavy atom. The third kappa shape index (κ3) is 5.27.